The molecule has 1 aliphatic heterocycles. The molecule has 1 aromatic carbocycles. The van der Waals surface area contributed by atoms with Gasteiger partial charge in [-0.1, -0.05) is 0 Å². The van der Waals surface area contributed by atoms with Crippen LogP contribution in [0.4, 0.5) is 15.8 Å². The Bertz CT molecular complexity index is 464. The zero-order chi connectivity index (χ0) is 13.3. The molecule has 5 heteroatoms. The lowest BCUT2D eigenvalue weighted by Crippen LogP contribution is -2.37. The van der Waals surface area contributed by atoms with Crippen LogP contribution < -0.4 is 10.6 Å². The Hall–Kier alpha value is -1.78. The lowest BCUT2D eigenvalue weighted by atomic mass is 10.2. The van der Waals surface area contributed by atoms with Gasteiger partial charge in [0.15, 0.2) is 0 Å². The number of nitrogen functional groups attached to an aromatic ring is 1. The molecule has 0 aromatic heterocycles. The van der Waals surface area contributed by atoms with E-state index in [1.54, 1.807) is 24.9 Å². The Morgan fingerprint density at radius 1 is 1.56 bits per heavy atom. The summed E-state index contributed by atoms with van der Waals surface area (Å²) in [4.78, 5) is 15.1. The number of hydrogen-bond donors (Lipinski definition) is 1. The summed E-state index contributed by atoms with van der Waals surface area (Å²) in [7, 11) is 1.81. The summed E-state index contributed by atoms with van der Waals surface area (Å²) in [5, 5.41) is 0. The van der Waals surface area contributed by atoms with Gasteiger partial charge < -0.3 is 15.5 Å². The van der Waals surface area contributed by atoms with Gasteiger partial charge in [0.1, 0.15) is 5.82 Å². The van der Waals surface area contributed by atoms with Crippen molar-refractivity contribution in [3.63, 3.8) is 0 Å². The first-order valence-electron chi connectivity index (χ1n) is 6.02. The maximum absolute atomic E-state index is 13.4. The van der Waals surface area contributed by atoms with E-state index in [2.05, 4.69) is 4.90 Å². The maximum Gasteiger partial charge on any atom is 0.219 e. The number of amides is 1. The third kappa shape index (κ3) is 2.39. The SMILES string of the molecule is CC(=O)N(C)C1CCN(c2ccc(N)c(F)c2)C1. The molecule has 0 radical (unpaired) electrons. The molecule has 0 saturated carbocycles. The number of rotatable bonds is 2. The van der Waals surface area contributed by atoms with E-state index in [-0.39, 0.29) is 17.6 Å². The van der Waals surface area contributed by atoms with Gasteiger partial charge in [0.25, 0.3) is 0 Å². The van der Waals surface area contributed by atoms with Gasteiger partial charge >= 0.3 is 0 Å². The number of likely N-dealkylation sites (N-methyl/N-ethyl adjacent to an activating group) is 1. The Balaban J connectivity index is 2.08. The van der Waals surface area contributed by atoms with Crippen molar-refractivity contribution in [2.75, 3.05) is 30.8 Å². The molecule has 1 heterocycles. The van der Waals surface area contributed by atoms with Crippen LogP contribution >= 0.6 is 0 Å². The molecule has 98 valence electrons. The molecule has 1 aliphatic rings. The highest BCUT2D eigenvalue weighted by Crippen LogP contribution is 2.25. The average molecular weight is 251 g/mol. The molecule has 0 bridgehead atoms. The van der Waals surface area contributed by atoms with E-state index >= 15 is 0 Å². The third-order valence-corrected chi connectivity index (χ3v) is 3.56. The van der Waals surface area contributed by atoms with Crippen LogP contribution in [0.25, 0.3) is 0 Å². The molecule has 1 atom stereocenters. The normalized spacial score (nSPS) is 19.1. The first kappa shape index (κ1) is 12.7. The molecular weight excluding hydrogens is 233 g/mol. The number of carbonyl (C=O) groups is 1. The van der Waals surface area contributed by atoms with Crippen molar-refractivity contribution in [3.8, 4) is 0 Å². The molecule has 2 N–H and O–H groups in total. The highest BCUT2D eigenvalue weighted by atomic mass is 19.1. The first-order chi connectivity index (χ1) is 8.49. The van der Waals surface area contributed by atoms with Crippen LogP contribution in [-0.4, -0.2) is 37.0 Å². The van der Waals surface area contributed by atoms with E-state index < -0.39 is 5.82 Å². The van der Waals surface area contributed by atoms with Crippen LogP contribution in [0.2, 0.25) is 0 Å². The molecule has 0 spiro atoms. The number of nitrogens with zero attached hydrogens (tertiary/aromatic N) is 2. The topological polar surface area (TPSA) is 49.6 Å². The first-order valence-corrected chi connectivity index (χ1v) is 6.02. The van der Waals surface area contributed by atoms with Gasteiger partial charge in [-0.15, -0.1) is 0 Å². The molecule has 1 saturated heterocycles. The van der Waals surface area contributed by atoms with E-state index in [0.29, 0.717) is 0 Å². The second-order valence-electron chi connectivity index (χ2n) is 4.72. The maximum atomic E-state index is 13.4. The van der Waals surface area contributed by atoms with E-state index in [9.17, 15) is 9.18 Å². The Morgan fingerprint density at radius 2 is 2.28 bits per heavy atom. The summed E-state index contributed by atoms with van der Waals surface area (Å²) in [6.07, 6.45) is 0.905. The molecule has 1 amide bonds. The lowest BCUT2D eigenvalue weighted by Gasteiger charge is -2.24. The minimum atomic E-state index is -0.393. The van der Waals surface area contributed by atoms with Crippen LogP contribution in [0.1, 0.15) is 13.3 Å². The van der Waals surface area contributed by atoms with Crippen molar-refractivity contribution in [2.45, 2.75) is 19.4 Å². The summed E-state index contributed by atoms with van der Waals surface area (Å²) in [5.41, 5.74) is 6.44. The zero-order valence-corrected chi connectivity index (χ0v) is 10.7. The number of nitrogens with two attached hydrogens (primary N) is 1. The van der Waals surface area contributed by atoms with Crippen LogP contribution in [0.5, 0.6) is 0 Å². The predicted octanol–water partition coefficient (Wildman–Crippen LogP) is 1.46. The Morgan fingerprint density at radius 3 is 2.89 bits per heavy atom. The molecule has 1 fully saturated rings. The molecule has 1 aromatic rings. The fourth-order valence-electron chi connectivity index (χ4n) is 2.26. The van der Waals surface area contributed by atoms with Gasteiger partial charge in [0, 0.05) is 32.7 Å². The van der Waals surface area contributed by atoms with Crippen LogP contribution in [0.15, 0.2) is 18.2 Å². The van der Waals surface area contributed by atoms with E-state index in [1.807, 2.05) is 6.07 Å². The van der Waals surface area contributed by atoms with Crippen LogP contribution in [0.3, 0.4) is 0 Å². The van der Waals surface area contributed by atoms with E-state index in [0.717, 1.165) is 25.2 Å². The van der Waals surface area contributed by atoms with E-state index in [1.165, 1.54) is 6.07 Å². The highest BCUT2D eigenvalue weighted by molar-refractivity contribution is 5.73. The summed E-state index contributed by atoms with van der Waals surface area (Å²) < 4.78 is 13.4. The molecule has 4 nitrogen and oxygen atoms in total. The predicted molar refractivity (Wildman–Crippen MR) is 69.9 cm³/mol. The van der Waals surface area contributed by atoms with Crippen LogP contribution in [0, 0.1) is 5.82 Å². The smallest absolute Gasteiger partial charge is 0.219 e. The van der Waals surface area contributed by atoms with Crippen molar-refractivity contribution >= 4 is 17.3 Å². The summed E-state index contributed by atoms with van der Waals surface area (Å²) >= 11 is 0. The van der Waals surface area contributed by atoms with Crippen molar-refractivity contribution in [2.24, 2.45) is 0 Å². The van der Waals surface area contributed by atoms with Crippen molar-refractivity contribution in [3.05, 3.63) is 24.0 Å². The Labute approximate surface area is 106 Å². The second-order valence-corrected chi connectivity index (χ2v) is 4.72. The van der Waals surface area contributed by atoms with Gasteiger partial charge in [-0.3, -0.25) is 4.79 Å². The lowest BCUT2D eigenvalue weighted by molar-refractivity contribution is -0.129. The van der Waals surface area contributed by atoms with E-state index in [4.69, 9.17) is 5.73 Å². The largest absolute Gasteiger partial charge is 0.396 e. The van der Waals surface area contributed by atoms with Crippen LogP contribution in [-0.2, 0) is 4.79 Å². The van der Waals surface area contributed by atoms with Gasteiger partial charge in [-0.25, -0.2) is 4.39 Å². The quantitative estimate of drug-likeness (QED) is 0.810. The molecule has 1 unspecified atom stereocenters. The van der Waals surface area contributed by atoms with Crippen molar-refractivity contribution < 1.29 is 9.18 Å². The number of halogens is 1. The van der Waals surface area contributed by atoms with Gasteiger partial charge in [0.2, 0.25) is 5.91 Å². The van der Waals surface area contributed by atoms with Gasteiger partial charge in [0.05, 0.1) is 11.7 Å². The van der Waals surface area contributed by atoms with Crippen molar-refractivity contribution in [1.29, 1.82) is 0 Å². The van der Waals surface area contributed by atoms with Gasteiger partial charge in [-0.05, 0) is 24.6 Å². The summed E-state index contributed by atoms with van der Waals surface area (Å²) in [6.45, 7) is 3.12. The highest BCUT2D eigenvalue weighted by Gasteiger charge is 2.27. The van der Waals surface area contributed by atoms with Crippen molar-refractivity contribution in [1.82, 2.24) is 4.90 Å². The molecule has 18 heavy (non-hydrogen) atoms. The average Bonchev–Trinajstić information content (AvgIpc) is 2.81. The molecule has 0 aliphatic carbocycles. The zero-order valence-electron chi connectivity index (χ0n) is 10.7. The number of hydrogen-bond acceptors (Lipinski definition) is 3. The minimum Gasteiger partial charge on any atom is -0.396 e. The summed E-state index contributed by atoms with van der Waals surface area (Å²) in [6, 6.07) is 5.04. The Kier molecular flexibility index (Phi) is 3.41. The number of carbonyl (C=O) groups excluding carboxylic acids is 1. The standard InChI is InChI=1S/C13H18FN3O/c1-9(18)16(2)11-5-6-17(8-11)10-3-4-13(15)12(14)7-10/h3-4,7,11H,5-6,8,15H2,1-2H3. The number of benzene rings is 1. The third-order valence-electron chi connectivity index (χ3n) is 3.56. The fraction of sp³-hybridized carbons (Fsp3) is 0.462. The second kappa shape index (κ2) is 4.84. The number of anilines is 2. The fourth-order valence-corrected chi connectivity index (χ4v) is 2.26. The monoisotopic (exact) mass is 251 g/mol. The minimum absolute atomic E-state index is 0.0605. The summed E-state index contributed by atoms with van der Waals surface area (Å²) in [5.74, 6) is -0.332. The molecular formula is C13H18FN3O. The van der Waals surface area contributed by atoms with Gasteiger partial charge in [-0.2, -0.15) is 0 Å². The molecule has 2 rings (SSSR count).